The second-order valence-electron chi connectivity index (χ2n) is 3.72. The van der Waals surface area contributed by atoms with Crippen LogP contribution >= 0.6 is 11.3 Å². The van der Waals surface area contributed by atoms with Gasteiger partial charge in [0, 0.05) is 15.5 Å². The van der Waals surface area contributed by atoms with Crippen molar-refractivity contribution in [2.24, 2.45) is 0 Å². The van der Waals surface area contributed by atoms with Crippen molar-refractivity contribution in [3.8, 4) is 0 Å². The number of aliphatic hydroxyl groups is 1. The van der Waals surface area contributed by atoms with E-state index in [1.165, 1.54) is 15.0 Å². The van der Waals surface area contributed by atoms with Crippen molar-refractivity contribution < 1.29 is 5.11 Å². The van der Waals surface area contributed by atoms with Gasteiger partial charge in [-0.05, 0) is 24.4 Å². The molecule has 2 heteroatoms. The minimum atomic E-state index is -0.275. The van der Waals surface area contributed by atoms with Crippen molar-refractivity contribution in [1.29, 1.82) is 0 Å². The Morgan fingerprint density at radius 2 is 1.93 bits per heavy atom. The summed E-state index contributed by atoms with van der Waals surface area (Å²) >= 11 is 1.77. The highest BCUT2D eigenvalue weighted by Crippen LogP contribution is 2.31. The maximum absolute atomic E-state index is 9.51. The van der Waals surface area contributed by atoms with Gasteiger partial charge in [0.2, 0.25) is 0 Å². The van der Waals surface area contributed by atoms with Crippen LogP contribution in [-0.4, -0.2) is 11.2 Å². The second-order valence-corrected chi connectivity index (χ2v) is 4.83. The molecule has 0 fully saturated rings. The van der Waals surface area contributed by atoms with Gasteiger partial charge in [0.05, 0.1) is 6.10 Å². The van der Waals surface area contributed by atoms with Crippen molar-refractivity contribution in [3.63, 3.8) is 0 Å². The minimum absolute atomic E-state index is 0.229. The van der Waals surface area contributed by atoms with Crippen LogP contribution in [0.15, 0.2) is 30.3 Å². The van der Waals surface area contributed by atoms with Crippen LogP contribution < -0.4 is 0 Å². The molecular formula is C12H14OS. The Morgan fingerprint density at radius 3 is 2.57 bits per heavy atom. The molecule has 0 radical (unpaired) electrons. The molecule has 2 unspecified atom stereocenters. The fourth-order valence-corrected chi connectivity index (χ4v) is 2.68. The molecule has 2 rings (SSSR count). The molecule has 1 aromatic heterocycles. The largest absolute Gasteiger partial charge is 0.393 e. The van der Waals surface area contributed by atoms with E-state index in [0.717, 1.165) is 0 Å². The Hall–Kier alpha value is -0.860. The highest BCUT2D eigenvalue weighted by atomic mass is 32.1. The van der Waals surface area contributed by atoms with Crippen LogP contribution in [0, 0.1) is 0 Å². The summed E-state index contributed by atoms with van der Waals surface area (Å²) in [6.07, 6.45) is -0.275. The van der Waals surface area contributed by atoms with Gasteiger partial charge >= 0.3 is 0 Å². The van der Waals surface area contributed by atoms with E-state index in [-0.39, 0.29) is 12.0 Å². The van der Waals surface area contributed by atoms with Crippen LogP contribution in [0.25, 0.3) is 10.1 Å². The Bertz CT molecular complexity index is 398. The Morgan fingerprint density at radius 1 is 1.21 bits per heavy atom. The summed E-state index contributed by atoms with van der Waals surface area (Å²) in [6, 6.07) is 10.5. The maximum atomic E-state index is 9.51. The minimum Gasteiger partial charge on any atom is -0.393 e. The molecule has 74 valence electrons. The van der Waals surface area contributed by atoms with Crippen LogP contribution in [-0.2, 0) is 0 Å². The fourth-order valence-electron chi connectivity index (χ4n) is 1.46. The monoisotopic (exact) mass is 206 g/mol. The van der Waals surface area contributed by atoms with Crippen molar-refractivity contribution in [2.45, 2.75) is 25.9 Å². The number of benzene rings is 1. The third-order valence-electron chi connectivity index (χ3n) is 2.62. The topological polar surface area (TPSA) is 20.2 Å². The molecule has 1 nitrogen and oxygen atoms in total. The highest BCUT2D eigenvalue weighted by molar-refractivity contribution is 7.19. The van der Waals surface area contributed by atoms with Gasteiger partial charge in [-0.3, -0.25) is 0 Å². The lowest BCUT2D eigenvalue weighted by Gasteiger charge is -2.11. The molecule has 2 atom stereocenters. The zero-order valence-electron chi connectivity index (χ0n) is 8.40. The molecule has 0 amide bonds. The summed E-state index contributed by atoms with van der Waals surface area (Å²) in [7, 11) is 0. The van der Waals surface area contributed by atoms with Gasteiger partial charge in [0.1, 0.15) is 0 Å². The van der Waals surface area contributed by atoms with Gasteiger partial charge in [-0.25, -0.2) is 0 Å². The van der Waals surface area contributed by atoms with Gasteiger partial charge in [-0.1, -0.05) is 25.1 Å². The second kappa shape index (κ2) is 3.71. The molecular weight excluding hydrogens is 192 g/mol. The molecule has 1 heterocycles. The number of hydrogen-bond acceptors (Lipinski definition) is 2. The van der Waals surface area contributed by atoms with E-state index in [0.29, 0.717) is 0 Å². The smallest absolute Gasteiger partial charge is 0.0585 e. The van der Waals surface area contributed by atoms with Crippen LogP contribution in [0.5, 0.6) is 0 Å². The molecule has 0 aliphatic heterocycles. The molecule has 0 aliphatic rings. The van der Waals surface area contributed by atoms with E-state index < -0.39 is 0 Å². The average molecular weight is 206 g/mol. The highest BCUT2D eigenvalue weighted by Gasteiger charge is 2.13. The number of hydrogen-bond donors (Lipinski definition) is 1. The number of thiophene rings is 1. The SMILES string of the molecule is CC(O)C(C)c1cc2ccccc2s1. The molecule has 0 bridgehead atoms. The molecule has 14 heavy (non-hydrogen) atoms. The van der Waals surface area contributed by atoms with E-state index in [4.69, 9.17) is 0 Å². The fraction of sp³-hybridized carbons (Fsp3) is 0.333. The zero-order valence-corrected chi connectivity index (χ0v) is 9.21. The van der Waals surface area contributed by atoms with Gasteiger partial charge in [0.15, 0.2) is 0 Å². The van der Waals surface area contributed by atoms with Crippen molar-refractivity contribution in [2.75, 3.05) is 0 Å². The molecule has 0 aliphatic carbocycles. The van der Waals surface area contributed by atoms with E-state index in [2.05, 4.69) is 31.2 Å². The van der Waals surface area contributed by atoms with E-state index in [1.54, 1.807) is 11.3 Å². The van der Waals surface area contributed by atoms with Gasteiger partial charge < -0.3 is 5.11 Å². The van der Waals surface area contributed by atoms with Gasteiger partial charge in [0.25, 0.3) is 0 Å². The number of rotatable bonds is 2. The Kier molecular flexibility index (Phi) is 2.57. The quantitative estimate of drug-likeness (QED) is 0.798. The Labute approximate surface area is 88.0 Å². The van der Waals surface area contributed by atoms with Gasteiger partial charge in [-0.15, -0.1) is 11.3 Å². The van der Waals surface area contributed by atoms with E-state index >= 15 is 0 Å². The summed E-state index contributed by atoms with van der Waals surface area (Å²) in [5, 5.41) is 10.8. The molecule has 1 N–H and O–H groups in total. The molecule has 0 saturated heterocycles. The first-order valence-electron chi connectivity index (χ1n) is 4.85. The summed E-state index contributed by atoms with van der Waals surface area (Å²) in [4.78, 5) is 1.27. The molecule has 0 saturated carbocycles. The lowest BCUT2D eigenvalue weighted by Crippen LogP contribution is -2.09. The first-order chi connectivity index (χ1) is 6.68. The summed E-state index contributed by atoms with van der Waals surface area (Å²) < 4.78 is 1.30. The Balaban J connectivity index is 2.45. The van der Waals surface area contributed by atoms with Crippen LogP contribution in [0.3, 0.4) is 0 Å². The van der Waals surface area contributed by atoms with Crippen LogP contribution in [0.1, 0.15) is 24.6 Å². The van der Waals surface area contributed by atoms with Crippen molar-refractivity contribution in [3.05, 3.63) is 35.2 Å². The first kappa shape index (κ1) is 9.69. The third-order valence-corrected chi connectivity index (χ3v) is 3.93. The predicted molar refractivity (Wildman–Crippen MR) is 61.9 cm³/mol. The summed E-state index contributed by atoms with van der Waals surface area (Å²) in [5.41, 5.74) is 0. The van der Waals surface area contributed by atoms with Crippen LogP contribution in [0.2, 0.25) is 0 Å². The maximum Gasteiger partial charge on any atom is 0.0585 e. The van der Waals surface area contributed by atoms with E-state index in [1.807, 2.05) is 13.0 Å². The zero-order chi connectivity index (χ0) is 10.1. The van der Waals surface area contributed by atoms with Gasteiger partial charge in [-0.2, -0.15) is 0 Å². The first-order valence-corrected chi connectivity index (χ1v) is 5.66. The third kappa shape index (κ3) is 1.68. The standard InChI is InChI=1S/C12H14OS/c1-8(9(2)13)12-7-10-5-3-4-6-11(10)14-12/h3-9,13H,1-2H3. The molecule has 1 aromatic carbocycles. The molecule has 2 aromatic rings. The predicted octanol–water partition coefficient (Wildman–Crippen LogP) is 3.39. The summed E-state index contributed by atoms with van der Waals surface area (Å²) in [6.45, 7) is 3.91. The normalized spacial score (nSPS) is 15.6. The van der Waals surface area contributed by atoms with Crippen LogP contribution in [0.4, 0.5) is 0 Å². The lowest BCUT2D eigenvalue weighted by atomic mass is 10.0. The lowest BCUT2D eigenvalue weighted by molar-refractivity contribution is 0.170. The molecule has 0 spiro atoms. The van der Waals surface area contributed by atoms with Crippen molar-refractivity contribution in [1.82, 2.24) is 0 Å². The van der Waals surface area contributed by atoms with Crippen molar-refractivity contribution >= 4 is 21.4 Å². The number of fused-ring (bicyclic) bond motifs is 1. The number of aliphatic hydroxyl groups excluding tert-OH is 1. The van der Waals surface area contributed by atoms with E-state index in [9.17, 15) is 5.11 Å². The summed E-state index contributed by atoms with van der Waals surface area (Å²) in [5.74, 6) is 0.229. The average Bonchev–Trinajstić information content (AvgIpc) is 2.59.